The standard InChI is InChI=1S/C14H20N2O2/c1-18-14(17)12-4-2-10(3-5-12)13(15)11-6-8-16-9-7-11/h2-5,11,13,16H,6-9,15H2,1H3/t13-/m0/s1. The molecule has 0 radical (unpaired) electrons. The van der Waals surface area contributed by atoms with Crippen molar-refractivity contribution in [1.29, 1.82) is 0 Å². The van der Waals surface area contributed by atoms with Crippen molar-refractivity contribution in [3.8, 4) is 0 Å². The second-order valence-corrected chi connectivity index (χ2v) is 4.73. The van der Waals surface area contributed by atoms with Gasteiger partial charge in [0, 0.05) is 6.04 Å². The Kier molecular flexibility index (Phi) is 4.33. The van der Waals surface area contributed by atoms with Crippen LogP contribution in [0.5, 0.6) is 0 Å². The van der Waals surface area contributed by atoms with E-state index in [1.54, 1.807) is 12.1 Å². The largest absolute Gasteiger partial charge is 0.465 e. The molecule has 1 heterocycles. The molecule has 1 saturated heterocycles. The Labute approximate surface area is 108 Å². The van der Waals surface area contributed by atoms with E-state index in [2.05, 4.69) is 10.1 Å². The molecule has 1 fully saturated rings. The maximum atomic E-state index is 11.3. The van der Waals surface area contributed by atoms with Gasteiger partial charge in [-0.1, -0.05) is 12.1 Å². The van der Waals surface area contributed by atoms with Crippen molar-refractivity contribution in [2.24, 2.45) is 11.7 Å². The highest BCUT2D eigenvalue weighted by atomic mass is 16.5. The van der Waals surface area contributed by atoms with Crippen LogP contribution in [0.3, 0.4) is 0 Å². The summed E-state index contributed by atoms with van der Waals surface area (Å²) < 4.78 is 4.67. The summed E-state index contributed by atoms with van der Waals surface area (Å²) in [4.78, 5) is 11.3. The average Bonchev–Trinajstić information content (AvgIpc) is 2.47. The normalized spacial score (nSPS) is 18.3. The smallest absolute Gasteiger partial charge is 0.337 e. The van der Waals surface area contributed by atoms with Gasteiger partial charge in [0.1, 0.15) is 0 Å². The molecule has 0 unspecified atom stereocenters. The molecule has 0 saturated carbocycles. The van der Waals surface area contributed by atoms with Crippen LogP contribution in [0.15, 0.2) is 24.3 Å². The lowest BCUT2D eigenvalue weighted by Gasteiger charge is -2.28. The number of carbonyl (C=O) groups excluding carboxylic acids is 1. The molecule has 0 amide bonds. The molecule has 1 aliphatic rings. The van der Waals surface area contributed by atoms with E-state index in [1.807, 2.05) is 12.1 Å². The number of carbonyl (C=O) groups is 1. The van der Waals surface area contributed by atoms with Crippen molar-refractivity contribution < 1.29 is 9.53 Å². The number of hydrogen-bond donors (Lipinski definition) is 2. The van der Waals surface area contributed by atoms with Crippen LogP contribution in [-0.4, -0.2) is 26.2 Å². The van der Waals surface area contributed by atoms with E-state index in [0.717, 1.165) is 31.5 Å². The number of nitrogens with two attached hydrogens (primary N) is 1. The lowest BCUT2D eigenvalue weighted by molar-refractivity contribution is 0.0600. The van der Waals surface area contributed by atoms with Gasteiger partial charge >= 0.3 is 5.97 Å². The number of ether oxygens (including phenoxy) is 1. The Morgan fingerprint density at radius 3 is 2.50 bits per heavy atom. The van der Waals surface area contributed by atoms with E-state index in [1.165, 1.54) is 7.11 Å². The van der Waals surface area contributed by atoms with Crippen molar-refractivity contribution in [3.05, 3.63) is 35.4 Å². The van der Waals surface area contributed by atoms with Crippen LogP contribution in [0.25, 0.3) is 0 Å². The molecule has 0 aromatic heterocycles. The van der Waals surface area contributed by atoms with E-state index in [9.17, 15) is 4.79 Å². The zero-order valence-electron chi connectivity index (χ0n) is 10.7. The maximum absolute atomic E-state index is 11.3. The fraction of sp³-hybridized carbons (Fsp3) is 0.500. The summed E-state index contributed by atoms with van der Waals surface area (Å²) in [5, 5.41) is 3.34. The molecule has 0 bridgehead atoms. The third kappa shape index (κ3) is 2.89. The quantitative estimate of drug-likeness (QED) is 0.795. The number of esters is 1. The molecule has 2 rings (SSSR count). The summed E-state index contributed by atoms with van der Waals surface area (Å²) in [6.45, 7) is 2.08. The molecule has 1 aromatic carbocycles. The summed E-state index contributed by atoms with van der Waals surface area (Å²) in [5.74, 6) is 0.215. The Morgan fingerprint density at radius 1 is 1.33 bits per heavy atom. The summed E-state index contributed by atoms with van der Waals surface area (Å²) in [6, 6.07) is 7.47. The first kappa shape index (κ1) is 13.1. The Hall–Kier alpha value is -1.39. The van der Waals surface area contributed by atoms with E-state index in [4.69, 9.17) is 5.73 Å². The van der Waals surface area contributed by atoms with Crippen molar-refractivity contribution in [3.63, 3.8) is 0 Å². The van der Waals surface area contributed by atoms with Crippen molar-refractivity contribution >= 4 is 5.97 Å². The zero-order chi connectivity index (χ0) is 13.0. The summed E-state index contributed by atoms with van der Waals surface area (Å²) >= 11 is 0. The second-order valence-electron chi connectivity index (χ2n) is 4.73. The minimum Gasteiger partial charge on any atom is -0.465 e. The minimum atomic E-state index is -0.308. The number of rotatable bonds is 3. The van der Waals surface area contributed by atoms with Gasteiger partial charge in [0.25, 0.3) is 0 Å². The van der Waals surface area contributed by atoms with Crippen LogP contribution >= 0.6 is 0 Å². The van der Waals surface area contributed by atoms with E-state index < -0.39 is 0 Å². The van der Waals surface area contributed by atoms with Gasteiger partial charge in [-0.05, 0) is 49.5 Å². The molecule has 1 aliphatic heterocycles. The first-order valence-corrected chi connectivity index (χ1v) is 6.37. The van der Waals surface area contributed by atoms with Crippen molar-refractivity contribution in [2.45, 2.75) is 18.9 Å². The van der Waals surface area contributed by atoms with E-state index in [-0.39, 0.29) is 12.0 Å². The SMILES string of the molecule is COC(=O)c1ccc([C@H](N)C2CCNCC2)cc1. The molecule has 98 valence electrons. The van der Waals surface area contributed by atoms with Crippen LogP contribution in [-0.2, 0) is 4.74 Å². The molecular weight excluding hydrogens is 228 g/mol. The topological polar surface area (TPSA) is 64.3 Å². The first-order chi connectivity index (χ1) is 8.72. The monoisotopic (exact) mass is 248 g/mol. The number of piperidine rings is 1. The van der Waals surface area contributed by atoms with Gasteiger partial charge in [0.05, 0.1) is 12.7 Å². The lowest BCUT2D eigenvalue weighted by atomic mass is 9.86. The Balaban J connectivity index is 2.06. The highest BCUT2D eigenvalue weighted by molar-refractivity contribution is 5.89. The van der Waals surface area contributed by atoms with Gasteiger partial charge in [-0.2, -0.15) is 0 Å². The van der Waals surface area contributed by atoms with Gasteiger partial charge in [0.2, 0.25) is 0 Å². The molecular formula is C14H20N2O2. The lowest BCUT2D eigenvalue weighted by Crippen LogP contribution is -2.33. The predicted molar refractivity (Wildman–Crippen MR) is 70.3 cm³/mol. The van der Waals surface area contributed by atoms with E-state index in [0.29, 0.717) is 11.5 Å². The highest BCUT2D eigenvalue weighted by Crippen LogP contribution is 2.26. The average molecular weight is 248 g/mol. The molecule has 0 spiro atoms. The predicted octanol–water partition coefficient (Wildman–Crippen LogP) is 1.47. The van der Waals surface area contributed by atoms with Crippen LogP contribution in [0.2, 0.25) is 0 Å². The minimum absolute atomic E-state index is 0.0544. The molecule has 1 aromatic rings. The van der Waals surface area contributed by atoms with E-state index >= 15 is 0 Å². The molecule has 0 aliphatic carbocycles. The third-order valence-electron chi connectivity index (χ3n) is 3.61. The summed E-state index contributed by atoms with van der Waals surface area (Å²) in [5.41, 5.74) is 7.94. The fourth-order valence-electron chi connectivity index (χ4n) is 2.43. The number of nitrogens with one attached hydrogen (secondary N) is 1. The van der Waals surface area contributed by atoms with Crippen LogP contribution in [0.1, 0.15) is 34.8 Å². The Bertz CT molecular complexity index is 397. The summed E-state index contributed by atoms with van der Waals surface area (Å²) in [7, 11) is 1.39. The number of hydrogen-bond acceptors (Lipinski definition) is 4. The number of methoxy groups -OCH3 is 1. The van der Waals surface area contributed by atoms with Gasteiger partial charge < -0.3 is 15.8 Å². The molecule has 18 heavy (non-hydrogen) atoms. The van der Waals surface area contributed by atoms with Crippen molar-refractivity contribution in [2.75, 3.05) is 20.2 Å². The van der Waals surface area contributed by atoms with Crippen LogP contribution in [0, 0.1) is 5.92 Å². The number of benzene rings is 1. The maximum Gasteiger partial charge on any atom is 0.337 e. The van der Waals surface area contributed by atoms with Crippen LogP contribution in [0.4, 0.5) is 0 Å². The second kappa shape index (κ2) is 5.98. The van der Waals surface area contributed by atoms with Gasteiger partial charge in [-0.25, -0.2) is 4.79 Å². The third-order valence-corrected chi connectivity index (χ3v) is 3.61. The van der Waals surface area contributed by atoms with Gasteiger partial charge in [-0.3, -0.25) is 0 Å². The fourth-order valence-corrected chi connectivity index (χ4v) is 2.43. The molecule has 1 atom stereocenters. The zero-order valence-corrected chi connectivity index (χ0v) is 10.7. The molecule has 4 heteroatoms. The van der Waals surface area contributed by atoms with Crippen LogP contribution < -0.4 is 11.1 Å². The first-order valence-electron chi connectivity index (χ1n) is 6.37. The van der Waals surface area contributed by atoms with Gasteiger partial charge in [0.15, 0.2) is 0 Å². The van der Waals surface area contributed by atoms with Gasteiger partial charge in [-0.15, -0.1) is 0 Å². The highest BCUT2D eigenvalue weighted by Gasteiger charge is 2.21. The molecule has 4 nitrogen and oxygen atoms in total. The van der Waals surface area contributed by atoms with Crippen molar-refractivity contribution in [1.82, 2.24) is 5.32 Å². The molecule has 3 N–H and O–H groups in total. The Morgan fingerprint density at radius 2 is 1.94 bits per heavy atom. The summed E-state index contributed by atoms with van der Waals surface area (Å²) in [6.07, 6.45) is 2.22.